The molecule has 2 aromatic carbocycles. The molecule has 0 radical (unpaired) electrons. The van der Waals surface area contributed by atoms with Crippen molar-refractivity contribution in [2.75, 3.05) is 6.61 Å². The lowest BCUT2D eigenvalue weighted by Crippen LogP contribution is -2.33. The van der Waals surface area contributed by atoms with Gasteiger partial charge in [-0.05, 0) is 36.5 Å². The molecule has 0 aliphatic heterocycles. The van der Waals surface area contributed by atoms with Gasteiger partial charge >= 0.3 is 6.61 Å². The standard InChI is InChI=1S/C20H18F4N2O3/c21-17-14(8-9-15(18(17)22)29-20(23)24)19(26-28-11-13-6-7-13)25-16(27)10-12-4-2-1-3-5-12/h1-5,8-9,13,20H,6-7,10-11H2,(H,25,26,27). The van der Waals surface area contributed by atoms with Crippen LogP contribution >= 0.6 is 0 Å². The number of halogens is 4. The van der Waals surface area contributed by atoms with Crippen LogP contribution < -0.4 is 10.1 Å². The number of carbonyl (C=O) groups is 1. The largest absolute Gasteiger partial charge is 0.432 e. The third kappa shape index (κ3) is 5.94. The molecular formula is C20H18F4N2O3. The molecule has 0 unspecified atom stereocenters. The SMILES string of the molecule is O=C(Cc1ccccc1)N/C(=N\OCC1CC1)c1ccc(OC(F)F)c(F)c1F. The molecule has 1 fully saturated rings. The number of amidine groups is 1. The van der Waals surface area contributed by atoms with Crippen molar-refractivity contribution in [2.24, 2.45) is 11.1 Å². The Balaban J connectivity index is 1.81. The van der Waals surface area contributed by atoms with E-state index < -0.39 is 35.5 Å². The summed E-state index contributed by atoms with van der Waals surface area (Å²) in [6.45, 7) is -3.04. The third-order valence-electron chi connectivity index (χ3n) is 4.15. The Morgan fingerprint density at radius 3 is 2.48 bits per heavy atom. The highest BCUT2D eigenvalue weighted by atomic mass is 19.3. The molecule has 1 aliphatic carbocycles. The zero-order chi connectivity index (χ0) is 20.8. The predicted octanol–water partition coefficient (Wildman–Crippen LogP) is 4.01. The highest BCUT2D eigenvalue weighted by Gasteiger charge is 2.24. The van der Waals surface area contributed by atoms with Crippen LogP contribution in [0.25, 0.3) is 0 Å². The first kappa shape index (κ1) is 20.6. The van der Waals surface area contributed by atoms with Crippen molar-refractivity contribution >= 4 is 11.7 Å². The minimum Gasteiger partial charge on any atom is -0.432 e. The first-order chi connectivity index (χ1) is 13.9. The lowest BCUT2D eigenvalue weighted by molar-refractivity contribution is -0.119. The number of oxime groups is 1. The molecular weight excluding hydrogens is 392 g/mol. The van der Waals surface area contributed by atoms with Crippen LogP contribution in [-0.2, 0) is 16.1 Å². The van der Waals surface area contributed by atoms with Crippen LogP contribution in [0.1, 0.15) is 24.0 Å². The molecule has 1 saturated carbocycles. The molecule has 1 aliphatic rings. The second-order valence-electron chi connectivity index (χ2n) is 6.51. The van der Waals surface area contributed by atoms with E-state index in [1.165, 1.54) is 0 Å². The van der Waals surface area contributed by atoms with Gasteiger partial charge < -0.3 is 14.9 Å². The van der Waals surface area contributed by atoms with Crippen LogP contribution in [0.15, 0.2) is 47.6 Å². The van der Waals surface area contributed by atoms with Gasteiger partial charge in [-0.3, -0.25) is 4.79 Å². The van der Waals surface area contributed by atoms with Crippen LogP contribution in [0.2, 0.25) is 0 Å². The summed E-state index contributed by atoms with van der Waals surface area (Å²) in [5.74, 6) is -4.60. The Bertz CT molecular complexity index is 887. The van der Waals surface area contributed by atoms with Gasteiger partial charge in [-0.15, -0.1) is 0 Å². The number of carbonyl (C=O) groups excluding carboxylic acids is 1. The van der Waals surface area contributed by atoms with E-state index in [2.05, 4.69) is 15.2 Å². The Hall–Kier alpha value is -3.10. The van der Waals surface area contributed by atoms with Gasteiger partial charge in [-0.1, -0.05) is 35.5 Å². The highest BCUT2D eigenvalue weighted by Crippen LogP contribution is 2.29. The van der Waals surface area contributed by atoms with Crippen LogP contribution in [-0.4, -0.2) is 25.0 Å². The van der Waals surface area contributed by atoms with Gasteiger partial charge in [-0.2, -0.15) is 13.2 Å². The number of amides is 1. The van der Waals surface area contributed by atoms with Crippen LogP contribution in [0.4, 0.5) is 17.6 Å². The van der Waals surface area contributed by atoms with Crippen LogP contribution in [0.3, 0.4) is 0 Å². The molecule has 3 rings (SSSR count). The number of hydrogen-bond donors (Lipinski definition) is 1. The maximum absolute atomic E-state index is 14.5. The van der Waals surface area contributed by atoms with Crippen molar-refractivity contribution in [2.45, 2.75) is 25.9 Å². The fourth-order valence-electron chi connectivity index (χ4n) is 2.49. The molecule has 1 N–H and O–H groups in total. The molecule has 29 heavy (non-hydrogen) atoms. The highest BCUT2D eigenvalue weighted by molar-refractivity contribution is 6.08. The summed E-state index contributed by atoms with van der Waals surface area (Å²) in [5, 5.41) is 6.13. The number of alkyl halides is 2. The zero-order valence-corrected chi connectivity index (χ0v) is 15.2. The summed E-state index contributed by atoms with van der Waals surface area (Å²) >= 11 is 0. The lowest BCUT2D eigenvalue weighted by atomic mass is 10.1. The summed E-state index contributed by atoms with van der Waals surface area (Å²) < 4.78 is 57.1. The van der Waals surface area contributed by atoms with Crippen molar-refractivity contribution in [3.63, 3.8) is 0 Å². The maximum Gasteiger partial charge on any atom is 0.387 e. The van der Waals surface area contributed by atoms with E-state index in [9.17, 15) is 22.4 Å². The monoisotopic (exact) mass is 410 g/mol. The summed E-state index contributed by atoms with van der Waals surface area (Å²) in [7, 11) is 0. The number of benzene rings is 2. The van der Waals surface area contributed by atoms with Gasteiger partial charge in [0.15, 0.2) is 17.4 Å². The van der Waals surface area contributed by atoms with Gasteiger partial charge in [-0.25, -0.2) is 4.39 Å². The molecule has 0 saturated heterocycles. The van der Waals surface area contributed by atoms with E-state index >= 15 is 0 Å². The molecule has 1 amide bonds. The van der Waals surface area contributed by atoms with Gasteiger partial charge in [0, 0.05) is 0 Å². The molecule has 0 heterocycles. The summed E-state index contributed by atoms with van der Waals surface area (Å²) in [6, 6.07) is 10.6. The topological polar surface area (TPSA) is 59.9 Å². The van der Waals surface area contributed by atoms with Crippen molar-refractivity contribution in [3.8, 4) is 5.75 Å². The smallest absolute Gasteiger partial charge is 0.387 e. The normalized spacial score (nSPS) is 14.0. The molecule has 9 heteroatoms. The minimum atomic E-state index is -3.31. The number of nitrogens with zero attached hydrogens (tertiary/aromatic N) is 1. The van der Waals surface area contributed by atoms with Gasteiger partial charge in [0.1, 0.15) is 6.61 Å². The average Bonchev–Trinajstić information content (AvgIpc) is 3.50. The second kappa shape index (κ2) is 9.40. The quantitative estimate of drug-likeness (QED) is 0.310. The molecule has 0 bridgehead atoms. The lowest BCUT2D eigenvalue weighted by Gasteiger charge is -2.12. The van der Waals surface area contributed by atoms with E-state index in [4.69, 9.17) is 4.84 Å². The van der Waals surface area contributed by atoms with Crippen molar-refractivity contribution in [1.82, 2.24) is 5.32 Å². The Kier molecular flexibility index (Phi) is 6.69. The van der Waals surface area contributed by atoms with Crippen molar-refractivity contribution < 1.29 is 31.9 Å². The molecule has 0 atom stereocenters. The molecule has 154 valence electrons. The molecule has 0 spiro atoms. The number of rotatable bonds is 8. The second-order valence-corrected chi connectivity index (χ2v) is 6.51. The van der Waals surface area contributed by atoms with E-state index in [1.807, 2.05) is 0 Å². The summed E-state index contributed by atoms with van der Waals surface area (Å²) in [5.41, 5.74) is 0.261. The van der Waals surface area contributed by atoms with Crippen molar-refractivity contribution in [1.29, 1.82) is 0 Å². The fourth-order valence-corrected chi connectivity index (χ4v) is 2.49. The Morgan fingerprint density at radius 1 is 1.10 bits per heavy atom. The van der Waals surface area contributed by atoms with Crippen LogP contribution in [0, 0.1) is 17.6 Å². The summed E-state index contributed by atoms with van der Waals surface area (Å²) in [6.07, 6.45) is 1.93. The van der Waals surface area contributed by atoms with Gasteiger partial charge in [0.2, 0.25) is 11.7 Å². The van der Waals surface area contributed by atoms with Crippen LogP contribution in [0.5, 0.6) is 5.75 Å². The third-order valence-corrected chi connectivity index (χ3v) is 4.15. The average molecular weight is 410 g/mol. The number of ether oxygens (including phenoxy) is 1. The molecule has 0 aromatic heterocycles. The minimum absolute atomic E-state index is 0.0286. The zero-order valence-electron chi connectivity index (χ0n) is 15.2. The first-order valence-electron chi connectivity index (χ1n) is 8.91. The van der Waals surface area contributed by atoms with E-state index in [-0.39, 0.29) is 18.9 Å². The summed E-state index contributed by atoms with van der Waals surface area (Å²) in [4.78, 5) is 17.5. The van der Waals surface area contributed by atoms with Gasteiger partial charge in [0.05, 0.1) is 12.0 Å². The molecule has 5 nitrogen and oxygen atoms in total. The first-order valence-corrected chi connectivity index (χ1v) is 8.91. The molecule has 2 aromatic rings. The maximum atomic E-state index is 14.5. The van der Waals surface area contributed by atoms with E-state index in [0.29, 0.717) is 11.5 Å². The number of nitrogens with one attached hydrogen (secondary N) is 1. The van der Waals surface area contributed by atoms with Gasteiger partial charge in [0.25, 0.3) is 0 Å². The van der Waals surface area contributed by atoms with E-state index in [0.717, 1.165) is 25.0 Å². The predicted molar refractivity (Wildman–Crippen MR) is 96.5 cm³/mol. The van der Waals surface area contributed by atoms with E-state index in [1.54, 1.807) is 30.3 Å². The van der Waals surface area contributed by atoms with Crippen molar-refractivity contribution in [3.05, 3.63) is 65.2 Å². The Labute approximate surface area is 164 Å². The fraction of sp³-hybridized carbons (Fsp3) is 0.300. The Morgan fingerprint density at radius 2 is 1.83 bits per heavy atom. The number of hydrogen-bond acceptors (Lipinski definition) is 4.